The van der Waals surface area contributed by atoms with Crippen molar-refractivity contribution in [2.45, 2.75) is 6.92 Å². The van der Waals surface area contributed by atoms with Crippen LogP contribution in [0.2, 0.25) is 0 Å². The number of benzene rings is 1. The number of nitrogens with one attached hydrogen (secondary N) is 1. The van der Waals surface area contributed by atoms with Crippen molar-refractivity contribution in [3.8, 4) is 16.9 Å². The summed E-state index contributed by atoms with van der Waals surface area (Å²) in [6.45, 7) is 1.99. The van der Waals surface area contributed by atoms with Crippen LogP contribution in [0.5, 0.6) is 5.75 Å². The molecule has 37 heavy (non-hydrogen) atoms. The lowest BCUT2D eigenvalue weighted by Gasteiger charge is -2.08. The van der Waals surface area contributed by atoms with Crippen LogP contribution >= 0.6 is 11.3 Å². The summed E-state index contributed by atoms with van der Waals surface area (Å²) in [5.74, 6) is 0.219. The fraction of sp³-hybridized carbons (Fsp3) is 0.100. The van der Waals surface area contributed by atoms with Crippen molar-refractivity contribution in [2.75, 3.05) is 13.2 Å². The summed E-state index contributed by atoms with van der Waals surface area (Å²) in [7, 11) is 0. The predicted octanol–water partition coefficient (Wildman–Crippen LogP) is 7.00. The zero-order valence-electron chi connectivity index (χ0n) is 20.1. The number of esters is 1. The molecular formula is C30H23N3O3S. The van der Waals surface area contributed by atoms with Crippen molar-refractivity contribution < 1.29 is 14.3 Å². The number of carbonyl (C=O) groups is 1. The van der Waals surface area contributed by atoms with Crippen molar-refractivity contribution in [3.63, 3.8) is 0 Å². The van der Waals surface area contributed by atoms with Crippen LogP contribution in [-0.2, 0) is 9.53 Å². The molecule has 6 nitrogen and oxygen atoms in total. The SMILES string of the molecule is CCOC(=O)COc1ccc(-c2c3nc(cc4ccc(cc5nc(cc6ccc2s6)C=C5)[nH]4)C=C3)cc1. The maximum absolute atomic E-state index is 11.6. The smallest absolute Gasteiger partial charge is 0.344 e. The highest BCUT2D eigenvalue weighted by Gasteiger charge is 2.12. The Morgan fingerprint density at radius 2 is 1.54 bits per heavy atom. The van der Waals surface area contributed by atoms with E-state index in [0.29, 0.717) is 12.4 Å². The summed E-state index contributed by atoms with van der Waals surface area (Å²) in [5.41, 5.74) is 7.60. The van der Waals surface area contributed by atoms with Gasteiger partial charge in [-0.1, -0.05) is 12.1 Å². The number of aromatic amines is 1. The number of thiophene rings is 1. The molecule has 0 fully saturated rings. The minimum Gasteiger partial charge on any atom is -0.482 e. The molecule has 0 radical (unpaired) electrons. The molecule has 4 aromatic rings. The van der Waals surface area contributed by atoms with E-state index in [1.54, 1.807) is 18.3 Å². The molecule has 0 saturated heterocycles. The number of hydrogen-bond acceptors (Lipinski definition) is 6. The van der Waals surface area contributed by atoms with Gasteiger partial charge in [0.1, 0.15) is 5.75 Å². The molecule has 8 bridgehead atoms. The highest BCUT2D eigenvalue weighted by atomic mass is 32.1. The van der Waals surface area contributed by atoms with Crippen LogP contribution in [0.25, 0.3) is 55.9 Å². The van der Waals surface area contributed by atoms with E-state index in [4.69, 9.17) is 19.4 Å². The van der Waals surface area contributed by atoms with Gasteiger partial charge in [0.05, 0.1) is 29.4 Å². The zero-order valence-corrected chi connectivity index (χ0v) is 20.9. The predicted molar refractivity (Wildman–Crippen MR) is 150 cm³/mol. The highest BCUT2D eigenvalue weighted by molar-refractivity contribution is 7.23. The number of carbonyl (C=O) groups excluding carboxylic acids is 1. The number of ether oxygens (including phenoxy) is 2. The van der Waals surface area contributed by atoms with Crippen molar-refractivity contribution in [3.05, 3.63) is 89.5 Å². The van der Waals surface area contributed by atoms with Gasteiger partial charge in [-0.3, -0.25) is 0 Å². The minimum atomic E-state index is -0.385. The third-order valence-corrected chi connectivity index (χ3v) is 6.96. The van der Waals surface area contributed by atoms with Crippen LogP contribution in [0, 0.1) is 0 Å². The number of H-pyrrole nitrogens is 1. The fourth-order valence-corrected chi connectivity index (χ4v) is 5.29. The highest BCUT2D eigenvalue weighted by Crippen LogP contribution is 2.35. The molecule has 182 valence electrons. The Labute approximate surface area is 217 Å². The molecule has 5 heterocycles. The molecule has 2 aliphatic rings. The lowest BCUT2D eigenvalue weighted by Crippen LogP contribution is -2.14. The Balaban J connectivity index is 1.49. The van der Waals surface area contributed by atoms with Gasteiger partial charge >= 0.3 is 5.97 Å². The van der Waals surface area contributed by atoms with Crippen LogP contribution in [0.15, 0.2) is 66.7 Å². The van der Waals surface area contributed by atoms with E-state index < -0.39 is 0 Å². The van der Waals surface area contributed by atoms with Gasteiger partial charge in [0.15, 0.2) is 6.61 Å². The number of hydrogen-bond donors (Lipinski definition) is 1. The summed E-state index contributed by atoms with van der Waals surface area (Å²) in [6.07, 6.45) is 8.13. The van der Waals surface area contributed by atoms with E-state index in [0.717, 1.165) is 54.3 Å². The second-order valence-electron chi connectivity index (χ2n) is 8.55. The maximum atomic E-state index is 11.6. The van der Waals surface area contributed by atoms with Crippen LogP contribution < -0.4 is 4.74 Å². The van der Waals surface area contributed by atoms with E-state index in [2.05, 4.69) is 23.2 Å². The average Bonchev–Trinajstić information content (AvgIpc) is 3.70. The van der Waals surface area contributed by atoms with Gasteiger partial charge in [-0.15, -0.1) is 11.3 Å². The molecule has 0 unspecified atom stereocenters. The second-order valence-corrected chi connectivity index (χ2v) is 9.66. The first-order chi connectivity index (χ1) is 18.1. The van der Waals surface area contributed by atoms with Crippen molar-refractivity contribution >= 4 is 62.0 Å². The Bertz CT molecular complexity index is 1710. The van der Waals surface area contributed by atoms with Gasteiger partial charge in [0.2, 0.25) is 0 Å². The molecule has 1 aromatic carbocycles. The van der Waals surface area contributed by atoms with Crippen LogP contribution in [0.4, 0.5) is 0 Å². The molecule has 0 spiro atoms. The summed E-state index contributed by atoms with van der Waals surface area (Å²) in [5, 5.41) is 0. The van der Waals surface area contributed by atoms with Crippen LogP contribution in [0.1, 0.15) is 29.7 Å². The van der Waals surface area contributed by atoms with E-state index in [-0.39, 0.29) is 12.6 Å². The summed E-state index contributed by atoms with van der Waals surface area (Å²) in [4.78, 5) is 24.8. The molecule has 7 heteroatoms. The summed E-state index contributed by atoms with van der Waals surface area (Å²) < 4.78 is 12.7. The first kappa shape index (κ1) is 22.9. The Kier molecular flexibility index (Phi) is 6.12. The summed E-state index contributed by atoms with van der Waals surface area (Å²) >= 11 is 1.70. The Hall–Kier alpha value is -4.49. The molecule has 0 atom stereocenters. The molecule has 1 N–H and O–H groups in total. The van der Waals surface area contributed by atoms with E-state index >= 15 is 0 Å². The van der Waals surface area contributed by atoms with Gasteiger partial charge in [0, 0.05) is 26.0 Å². The fourth-order valence-electron chi connectivity index (χ4n) is 4.26. The lowest BCUT2D eigenvalue weighted by molar-refractivity contribution is -0.145. The molecule has 0 amide bonds. The van der Waals surface area contributed by atoms with Gasteiger partial charge in [-0.2, -0.15) is 0 Å². The first-order valence-electron chi connectivity index (χ1n) is 12.0. The topological polar surface area (TPSA) is 77.1 Å². The first-order valence-corrected chi connectivity index (χ1v) is 12.8. The third kappa shape index (κ3) is 5.08. The zero-order chi connectivity index (χ0) is 25.2. The number of nitrogens with zero attached hydrogens (tertiary/aromatic N) is 2. The molecule has 0 aliphatic carbocycles. The van der Waals surface area contributed by atoms with Crippen molar-refractivity contribution in [1.29, 1.82) is 0 Å². The minimum absolute atomic E-state index is 0.118. The molecule has 3 aromatic heterocycles. The van der Waals surface area contributed by atoms with E-state index in [1.807, 2.05) is 72.8 Å². The van der Waals surface area contributed by atoms with Crippen LogP contribution in [-0.4, -0.2) is 34.1 Å². The monoisotopic (exact) mass is 505 g/mol. The third-order valence-electron chi connectivity index (χ3n) is 5.91. The number of fused-ring (bicyclic) bond motifs is 8. The average molecular weight is 506 g/mol. The van der Waals surface area contributed by atoms with Crippen LogP contribution in [0.3, 0.4) is 0 Å². The normalized spacial score (nSPS) is 12.0. The van der Waals surface area contributed by atoms with Gasteiger partial charge < -0.3 is 14.5 Å². The number of aromatic nitrogens is 3. The van der Waals surface area contributed by atoms with Crippen molar-refractivity contribution in [1.82, 2.24) is 15.0 Å². The standard InChI is InChI=1S/C30H23N3O3S/c1-2-35-29(34)18-36-25-10-3-19(4-11-25)30-27-13-9-23(33-27)16-22-6-5-20(31-22)15-21-7-8-24(32-21)17-26-12-14-28(30)37-26/h3-17,31H,2,18H2,1H3. The maximum Gasteiger partial charge on any atom is 0.344 e. The Morgan fingerprint density at radius 1 is 0.838 bits per heavy atom. The molecular weight excluding hydrogens is 482 g/mol. The van der Waals surface area contributed by atoms with E-state index in [1.165, 1.54) is 0 Å². The number of rotatable bonds is 5. The summed E-state index contributed by atoms with van der Waals surface area (Å²) in [6, 6.07) is 22.2. The quantitative estimate of drug-likeness (QED) is 0.255. The van der Waals surface area contributed by atoms with Gasteiger partial charge in [-0.25, -0.2) is 14.8 Å². The molecule has 2 aliphatic heterocycles. The molecule has 6 rings (SSSR count). The Morgan fingerprint density at radius 3 is 2.30 bits per heavy atom. The van der Waals surface area contributed by atoms with Gasteiger partial charge in [-0.05, 0) is 91.4 Å². The molecule has 0 saturated carbocycles. The van der Waals surface area contributed by atoms with E-state index in [9.17, 15) is 4.79 Å². The van der Waals surface area contributed by atoms with Crippen molar-refractivity contribution in [2.24, 2.45) is 0 Å². The second kappa shape index (κ2) is 9.87. The lowest BCUT2D eigenvalue weighted by atomic mass is 10.0. The largest absolute Gasteiger partial charge is 0.482 e. The van der Waals surface area contributed by atoms with Gasteiger partial charge in [0.25, 0.3) is 0 Å².